The summed E-state index contributed by atoms with van der Waals surface area (Å²) in [5, 5.41) is 0. The van der Waals surface area contributed by atoms with Gasteiger partial charge in [0.05, 0.1) is 6.61 Å². The number of pyridine rings is 1. The monoisotopic (exact) mass is 505 g/mol. The maximum Gasteiger partial charge on any atom is 0.139 e. The van der Waals surface area contributed by atoms with Gasteiger partial charge in [0.15, 0.2) is 0 Å². The number of likely N-dealkylation sites (N-methyl/N-ethyl adjacent to an activating group) is 1. The first-order chi connectivity index (χ1) is 18.0. The molecule has 1 aromatic heterocycles. The third-order valence-electron chi connectivity index (χ3n) is 6.62. The van der Waals surface area contributed by atoms with Gasteiger partial charge >= 0.3 is 0 Å². The van der Waals surface area contributed by atoms with Crippen molar-refractivity contribution >= 4 is 5.78 Å². The molecule has 1 saturated heterocycles. The van der Waals surface area contributed by atoms with Gasteiger partial charge in [-0.15, -0.1) is 0 Å². The number of hydrogen-bond donors (Lipinski definition) is 0. The van der Waals surface area contributed by atoms with Crippen molar-refractivity contribution in [1.29, 1.82) is 0 Å². The molecule has 2 aromatic carbocycles. The molecule has 0 saturated carbocycles. The Labute approximate surface area is 219 Å². The Balaban J connectivity index is 1.37. The van der Waals surface area contributed by atoms with E-state index in [1.807, 2.05) is 43.3 Å². The van der Waals surface area contributed by atoms with Gasteiger partial charge in [-0.3, -0.25) is 14.7 Å². The average Bonchev–Trinajstić information content (AvgIpc) is 2.90. The minimum absolute atomic E-state index is 0.0820. The second-order valence-electron chi connectivity index (χ2n) is 9.47. The van der Waals surface area contributed by atoms with Crippen LogP contribution >= 0.6 is 0 Å². The number of halogens is 1. The number of rotatable bonds is 12. The maximum atomic E-state index is 13.4. The zero-order chi connectivity index (χ0) is 26.0. The largest absolute Gasteiger partial charge is 0.494 e. The molecule has 1 aliphatic heterocycles. The van der Waals surface area contributed by atoms with Crippen LogP contribution in [0.4, 0.5) is 4.39 Å². The van der Waals surface area contributed by atoms with Crippen LogP contribution in [0, 0.1) is 5.82 Å². The average molecular weight is 506 g/mol. The highest BCUT2D eigenvalue weighted by atomic mass is 19.1. The Morgan fingerprint density at radius 1 is 1.03 bits per heavy atom. The molecule has 1 fully saturated rings. The Bertz CT molecular complexity index is 1160. The summed E-state index contributed by atoms with van der Waals surface area (Å²) in [5.41, 5.74) is 3.41. The molecule has 37 heavy (non-hydrogen) atoms. The number of Topliss-reactive ketones (excluding diaryl/α,β-unsaturated/α-hetero) is 1. The molecule has 7 heteroatoms. The van der Waals surface area contributed by atoms with E-state index in [1.54, 1.807) is 12.3 Å². The number of hydrogen-bond acceptors (Lipinski definition) is 6. The van der Waals surface area contributed by atoms with Crippen LogP contribution in [0.2, 0.25) is 0 Å². The van der Waals surface area contributed by atoms with Crippen LogP contribution in [0.1, 0.15) is 24.6 Å². The van der Waals surface area contributed by atoms with Gasteiger partial charge in [0, 0.05) is 74.6 Å². The summed E-state index contributed by atoms with van der Waals surface area (Å²) in [6, 6.07) is 16.1. The smallest absolute Gasteiger partial charge is 0.139 e. The maximum absolute atomic E-state index is 13.4. The van der Waals surface area contributed by atoms with Gasteiger partial charge in [0.25, 0.3) is 0 Å². The Kier molecular flexibility index (Phi) is 9.63. The second-order valence-corrected chi connectivity index (χ2v) is 9.47. The Morgan fingerprint density at radius 3 is 2.59 bits per heavy atom. The van der Waals surface area contributed by atoms with Crippen LogP contribution in [0.15, 0.2) is 60.8 Å². The van der Waals surface area contributed by atoms with E-state index >= 15 is 0 Å². The van der Waals surface area contributed by atoms with E-state index in [-0.39, 0.29) is 18.0 Å². The van der Waals surface area contributed by atoms with Crippen molar-refractivity contribution in [2.24, 2.45) is 0 Å². The van der Waals surface area contributed by atoms with E-state index in [0.717, 1.165) is 66.6 Å². The predicted octanol–water partition coefficient (Wildman–Crippen LogP) is 4.66. The van der Waals surface area contributed by atoms with E-state index in [2.05, 4.69) is 21.8 Å². The standard InChI is InChI=1S/C30H36FN3O3/c1-3-36-28-11-12-29(30(21-28)37-18-17-34-15-13-33(2)14-16-34)24-8-9-26(32-22-24)20-27(35)10-7-23-5-4-6-25(31)19-23/h4-6,8-9,11-12,19,21-22H,3,7,10,13-18,20H2,1-2H3. The van der Waals surface area contributed by atoms with Gasteiger partial charge in [0.1, 0.15) is 29.7 Å². The van der Waals surface area contributed by atoms with Crippen molar-refractivity contribution in [3.05, 3.63) is 77.9 Å². The highest BCUT2D eigenvalue weighted by Crippen LogP contribution is 2.33. The van der Waals surface area contributed by atoms with Crippen LogP contribution in [-0.4, -0.2) is 73.6 Å². The summed E-state index contributed by atoms with van der Waals surface area (Å²) >= 11 is 0. The first-order valence-corrected chi connectivity index (χ1v) is 13.0. The number of ketones is 1. The summed E-state index contributed by atoms with van der Waals surface area (Å²) in [6.07, 6.45) is 2.93. The number of aromatic nitrogens is 1. The van der Waals surface area contributed by atoms with Crippen LogP contribution in [0.25, 0.3) is 11.1 Å². The fraction of sp³-hybridized carbons (Fsp3) is 0.400. The minimum Gasteiger partial charge on any atom is -0.494 e. The molecule has 2 heterocycles. The molecule has 0 N–H and O–H groups in total. The third kappa shape index (κ3) is 8.10. The van der Waals surface area contributed by atoms with Gasteiger partial charge < -0.3 is 14.4 Å². The molecule has 0 spiro atoms. The van der Waals surface area contributed by atoms with Crippen LogP contribution in [0.5, 0.6) is 11.5 Å². The van der Waals surface area contributed by atoms with Crippen molar-refractivity contribution < 1.29 is 18.7 Å². The summed E-state index contributed by atoms with van der Waals surface area (Å²) in [4.78, 5) is 21.8. The summed E-state index contributed by atoms with van der Waals surface area (Å²) in [5.74, 6) is 1.34. The Morgan fingerprint density at radius 2 is 1.86 bits per heavy atom. The lowest BCUT2D eigenvalue weighted by atomic mass is 10.0. The van der Waals surface area contributed by atoms with E-state index in [4.69, 9.17) is 9.47 Å². The van der Waals surface area contributed by atoms with Crippen molar-refractivity contribution in [2.75, 3.05) is 53.0 Å². The molecule has 196 valence electrons. The fourth-order valence-corrected chi connectivity index (χ4v) is 4.43. The van der Waals surface area contributed by atoms with E-state index in [1.165, 1.54) is 12.1 Å². The predicted molar refractivity (Wildman–Crippen MR) is 144 cm³/mol. The highest BCUT2D eigenvalue weighted by molar-refractivity contribution is 5.81. The molecule has 0 bridgehead atoms. The molecule has 0 atom stereocenters. The SMILES string of the molecule is CCOc1ccc(-c2ccc(CC(=O)CCc3cccc(F)c3)nc2)c(OCCN2CCN(C)CC2)c1. The van der Waals surface area contributed by atoms with Gasteiger partial charge in [-0.1, -0.05) is 18.2 Å². The van der Waals surface area contributed by atoms with Crippen molar-refractivity contribution in [2.45, 2.75) is 26.2 Å². The topological polar surface area (TPSA) is 54.9 Å². The fourth-order valence-electron chi connectivity index (χ4n) is 4.43. The van der Waals surface area contributed by atoms with E-state index < -0.39 is 0 Å². The van der Waals surface area contributed by atoms with Crippen LogP contribution in [-0.2, 0) is 17.6 Å². The van der Waals surface area contributed by atoms with E-state index in [0.29, 0.717) is 26.1 Å². The quantitative estimate of drug-likeness (QED) is 0.357. The first-order valence-electron chi connectivity index (χ1n) is 13.0. The van der Waals surface area contributed by atoms with E-state index in [9.17, 15) is 9.18 Å². The van der Waals surface area contributed by atoms with Gasteiger partial charge in [-0.05, 0) is 56.3 Å². The molecule has 0 unspecified atom stereocenters. The first kappa shape index (κ1) is 26.8. The van der Waals surface area contributed by atoms with Crippen molar-refractivity contribution in [1.82, 2.24) is 14.8 Å². The highest BCUT2D eigenvalue weighted by Gasteiger charge is 2.15. The lowest BCUT2D eigenvalue weighted by molar-refractivity contribution is -0.118. The molecule has 1 aliphatic rings. The van der Waals surface area contributed by atoms with Crippen LogP contribution in [0.3, 0.4) is 0 Å². The number of carbonyl (C=O) groups excluding carboxylic acids is 1. The number of ether oxygens (including phenoxy) is 2. The van der Waals surface area contributed by atoms with Gasteiger partial charge in [-0.2, -0.15) is 0 Å². The number of piperazine rings is 1. The normalized spacial score (nSPS) is 14.5. The number of aryl methyl sites for hydroxylation is 1. The Hall–Kier alpha value is -3.29. The summed E-state index contributed by atoms with van der Waals surface area (Å²) in [6.45, 7) is 8.29. The molecule has 0 aliphatic carbocycles. The van der Waals surface area contributed by atoms with Gasteiger partial charge in [0.2, 0.25) is 0 Å². The second kappa shape index (κ2) is 13.3. The molecule has 0 radical (unpaired) electrons. The zero-order valence-electron chi connectivity index (χ0n) is 21.8. The number of carbonyl (C=O) groups is 1. The van der Waals surface area contributed by atoms with Crippen LogP contribution < -0.4 is 9.47 Å². The molecule has 6 nitrogen and oxygen atoms in total. The lowest BCUT2D eigenvalue weighted by Crippen LogP contribution is -2.45. The molecule has 0 amide bonds. The molecular weight excluding hydrogens is 469 g/mol. The summed E-state index contributed by atoms with van der Waals surface area (Å²) < 4.78 is 25.3. The molecule has 4 rings (SSSR count). The van der Waals surface area contributed by atoms with Crippen molar-refractivity contribution in [3.63, 3.8) is 0 Å². The van der Waals surface area contributed by atoms with Crippen molar-refractivity contribution in [3.8, 4) is 22.6 Å². The lowest BCUT2D eigenvalue weighted by Gasteiger charge is -2.32. The number of nitrogens with zero attached hydrogens (tertiary/aromatic N) is 3. The summed E-state index contributed by atoms with van der Waals surface area (Å²) in [7, 11) is 2.15. The molecule has 3 aromatic rings. The molecular formula is C30H36FN3O3. The zero-order valence-corrected chi connectivity index (χ0v) is 21.8. The minimum atomic E-state index is -0.279. The number of benzene rings is 2. The van der Waals surface area contributed by atoms with Gasteiger partial charge in [-0.25, -0.2) is 4.39 Å². The third-order valence-corrected chi connectivity index (χ3v) is 6.62.